The third-order valence-corrected chi connectivity index (χ3v) is 11.6. The first-order chi connectivity index (χ1) is 29.0. The number of hydrogen-bond donors (Lipinski definition) is 0. The summed E-state index contributed by atoms with van der Waals surface area (Å²) in [7, 11) is 0. The Labute approximate surface area is 343 Å². The molecule has 0 atom stereocenters. The Morgan fingerprint density at radius 1 is 0.271 bits per heavy atom. The van der Waals surface area contributed by atoms with Crippen molar-refractivity contribution in [3.8, 4) is 44.5 Å². The quantitative estimate of drug-likeness (QED) is 0.162. The lowest BCUT2D eigenvalue weighted by atomic mass is 9.95. The molecule has 3 nitrogen and oxygen atoms in total. The van der Waals surface area contributed by atoms with Gasteiger partial charge in [-0.25, -0.2) is 0 Å². The Morgan fingerprint density at radius 3 is 1.15 bits per heavy atom. The number of hydrogen-bond acceptors (Lipinski definition) is 3. The number of aryl methyl sites for hydroxylation is 2. The number of anilines is 3. The average molecular weight is 758 g/mol. The molecule has 0 bridgehead atoms. The minimum atomic E-state index is 0.903. The van der Waals surface area contributed by atoms with E-state index in [4.69, 9.17) is 8.83 Å². The SMILES string of the molecule is Cc1cccc(-c2cc(C)cc(-c3ccc(N(c4ccc(-c5ccc6oc7ccccc7c6c5)cc4)c4ccc(-c5ccc6oc7ccccc7c6c5)cc4)cc3)c2)c1. The number of para-hydroxylation sites is 2. The van der Waals surface area contributed by atoms with Crippen molar-refractivity contribution in [2.24, 2.45) is 0 Å². The second-order valence-corrected chi connectivity index (χ2v) is 15.6. The second-order valence-electron chi connectivity index (χ2n) is 15.6. The van der Waals surface area contributed by atoms with Gasteiger partial charge in [0.05, 0.1) is 0 Å². The summed E-state index contributed by atoms with van der Waals surface area (Å²) in [5.74, 6) is 0. The average Bonchev–Trinajstić information content (AvgIpc) is 3.85. The predicted octanol–water partition coefficient (Wildman–Crippen LogP) is 16.2. The highest BCUT2D eigenvalue weighted by atomic mass is 16.3. The molecule has 2 heterocycles. The summed E-state index contributed by atoms with van der Waals surface area (Å²) in [5.41, 5.74) is 18.8. The van der Waals surface area contributed by atoms with Crippen LogP contribution in [0.2, 0.25) is 0 Å². The summed E-state index contributed by atoms with van der Waals surface area (Å²) in [6.07, 6.45) is 0. The number of furan rings is 2. The Kier molecular flexibility index (Phi) is 8.27. The lowest BCUT2D eigenvalue weighted by Crippen LogP contribution is -2.09. The molecule has 0 fully saturated rings. The first-order valence-electron chi connectivity index (χ1n) is 20.1. The van der Waals surface area contributed by atoms with Gasteiger partial charge in [0.25, 0.3) is 0 Å². The second kappa shape index (κ2) is 14.1. The van der Waals surface area contributed by atoms with Gasteiger partial charge in [-0.3, -0.25) is 0 Å². The highest BCUT2D eigenvalue weighted by molar-refractivity contribution is 6.07. The summed E-state index contributed by atoms with van der Waals surface area (Å²) in [4.78, 5) is 2.34. The largest absolute Gasteiger partial charge is 0.456 e. The van der Waals surface area contributed by atoms with Crippen molar-refractivity contribution >= 4 is 60.9 Å². The van der Waals surface area contributed by atoms with Crippen molar-refractivity contribution in [3.63, 3.8) is 0 Å². The van der Waals surface area contributed by atoms with Crippen molar-refractivity contribution in [3.05, 3.63) is 211 Å². The fraction of sp³-hybridized carbons (Fsp3) is 0.0357. The van der Waals surface area contributed by atoms with Crippen LogP contribution in [-0.2, 0) is 0 Å². The van der Waals surface area contributed by atoms with Crippen LogP contribution >= 0.6 is 0 Å². The Balaban J connectivity index is 0.966. The molecule has 0 unspecified atom stereocenters. The van der Waals surface area contributed by atoms with Gasteiger partial charge in [0.2, 0.25) is 0 Å². The molecule has 0 aliphatic carbocycles. The van der Waals surface area contributed by atoms with E-state index in [1.165, 1.54) is 33.4 Å². The van der Waals surface area contributed by atoms with Crippen molar-refractivity contribution in [2.45, 2.75) is 13.8 Å². The highest BCUT2D eigenvalue weighted by Gasteiger charge is 2.16. The van der Waals surface area contributed by atoms with Gasteiger partial charge in [0, 0.05) is 38.6 Å². The molecule has 0 N–H and O–H groups in total. The number of nitrogens with zero attached hydrogens (tertiary/aromatic N) is 1. The zero-order chi connectivity index (χ0) is 39.5. The summed E-state index contributed by atoms with van der Waals surface area (Å²) in [5, 5.41) is 4.52. The van der Waals surface area contributed by atoms with Crippen LogP contribution in [0.3, 0.4) is 0 Å². The van der Waals surface area contributed by atoms with Crippen molar-refractivity contribution in [1.82, 2.24) is 0 Å². The Morgan fingerprint density at radius 2 is 0.661 bits per heavy atom. The van der Waals surface area contributed by atoms with E-state index in [9.17, 15) is 0 Å². The van der Waals surface area contributed by atoms with Gasteiger partial charge in [-0.1, -0.05) is 127 Å². The van der Waals surface area contributed by atoms with Crippen molar-refractivity contribution < 1.29 is 8.83 Å². The van der Waals surface area contributed by atoms with Crippen LogP contribution < -0.4 is 4.90 Å². The van der Waals surface area contributed by atoms with E-state index in [0.29, 0.717) is 0 Å². The van der Waals surface area contributed by atoms with Crippen molar-refractivity contribution in [2.75, 3.05) is 4.90 Å². The molecule has 0 saturated heterocycles. The third-order valence-electron chi connectivity index (χ3n) is 11.6. The molecular weight excluding hydrogens is 719 g/mol. The van der Waals surface area contributed by atoms with E-state index >= 15 is 0 Å². The highest BCUT2D eigenvalue weighted by Crippen LogP contribution is 2.40. The molecule has 3 heteroatoms. The number of benzene rings is 9. The Hall–Kier alpha value is -7.62. The summed E-state index contributed by atoms with van der Waals surface area (Å²) in [6.45, 7) is 4.33. The van der Waals surface area contributed by atoms with Crippen LogP contribution in [-0.4, -0.2) is 0 Å². The molecule has 0 aliphatic heterocycles. The lowest BCUT2D eigenvalue weighted by Gasteiger charge is -2.26. The normalized spacial score (nSPS) is 11.6. The first kappa shape index (κ1) is 34.6. The monoisotopic (exact) mass is 757 g/mol. The molecule has 9 aromatic carbocycles. The third kappa shape index (κ3) is 6.34. The first-order valence-corrected chi connectivity index (χ1v) is 20.1. The van der Waals surface area contributed by atoms with Crippen LogP contribution in [0.25, 0.3) is 88.4 Å². The molecule has 0 aliphatic rings. The predicted molar refractivity (Wildman–Crippen MR) is 247 cm³/mol. The molecule has 280 valence electrons. The molecule has 0 amide bonds. The topological polar surface area (TPSA) is 29.5 Å². The molecule has 2 aromatic heterocycles. The van der Waals surface area contributed by atoms with E-state index in [1.807, 2.05) is 24.3 Å². The van der Waals surface area contributed by atoms with Gasteiger partial charge in [-0.05, 0) is 143 Å². The molecule has 0 radical (unpaired) electrons. The smallest absolute Gasteiger partial charge is 0.135 e. The van der Waals surface area contributed by atoms with E-state index in [0.717, 1.165) is 83.2 Å². The fourth-order valence-corrected chi connectivity index (χ4v) is 8.61. The standard InChI is InChI=1S/C56H39NO2/c1-36-8-7-9-41(30-36)45-32-37(2)31-44(33-45)40-18-26-48(27-19-40)57(46-22-14-38(15-23-46)42-20-28-55-51(34-42)49-10-3-5-12-53(49)58-55)47-24-16-39(17-25-47)43-21-29-56-52(35-43)50-11-4-6-13-54(50)59-56/h3-35H,1-2H3. The van der Waals surface area contributed by atoms with Gasteiger partial charge >= 0.3 is 0 Å². The van der Waals surface area contributed by atoms with Gasteiger partial charge in [-0.2, -0.15) is 0 Å². The summed E-state index contributed by atoms with van der Waals surface area (Å²) < 4.78 is 12.2. The van der Waals surface area contributed by atoms with Crippen LogP contribution in [0.15, 0.2) is 209 Å². The van der Waals surface area contributed by atoms with E-state index in [1.54, 1.807) is 0 Å². The van der Waals surface area contributed by atoms with E-state index < -0.39 is 0 Å². The van der Waals surface area contributed by atoms with Gasteiger partial charge < -0.3 is 13.7 Å². The molecule has 59 heavy (non-hydrogen) atoms. The zero-order valence-corrected chi connectivity index (χ0v) is 32.8. The van der Waals surface area contributed by atoms with E-state index in [2.05, 4.69) is 195 Å². The fourth-order valence-electron chi connectivity index (χ4n) is 8.61. The van der Waals surface area contributed by atoms with E-state index in [-0.39, 0.29) is 0 Å². The molecule has 11 aromatic rings. The van der Waals surface area contributed by atoms with Crippen LogP contribution in [0.1, 0.15) is 11.1 Å². The maximum atomic E-state index is 6.12. The molecule has 0 spiro atoms. The zero-order valence-electron chi connectivity index (χ0n) is 32.8. The van der Waals surface area contributed by atoms with Gasteiger partial charge in [0.15, 0.2) is 0 Å². The molecular formula is C56H39NO2. The van der Waals surface area contributed by atoms with Crippen LogP contribution in [0.4, 0.5) is 17.1 Å². The number of fused-ring (bicyclic) bond motifs is 6. The summed E-state index contributed by atoms with van der Waals surface area (Å²) in [6, 6.07) is 71.7. The summed E-state index contributed by atoms with van der Waals surface area (Å²) >= 11 is 0. The van der Waals surface area contributed by atoms with Crippen molar-refractivity contribution in [1.29, 1.82) is 0 Å². The van der Waals surface area contributed by atoms with Gasteiger partial charge in [-0.15, -0.1) is 0 Å². The van der Waals surface area contributed by atoms with Gasteiger partial charge in [0.1, 0.15) is 22.3 Å². The lowest BCUT2D eigenvalue weighted by molar-refractivity contribution is 0.668. The van der Waals surface area contributed by atoms with Crippen LogP contribution in [0, 0.1) is 13.8 Å². The minimum Gasteiger partial charge on any atom is -0.456 e. The van der Waals surface area contributed by atoms with Crippen LogP contribution in [0.5, 0.6) is 0 Å². The molecule has 11 rings (SSSR count). The number of rotatable bonds is 7. The maximum absolute atomic E-state index is 6.12. The molecule has 0 saturated carbocycles. The maximum Gasteiger partial charge on any atom is 0.135 e. The Bertz CT molecular complexity index is 3170. The minimum absolute atomic E-state index is 0.903.